The topological polar surface area (TPSA) is 79.0 Å². The monoisotopic (exact) mass is 489 g/mol. The van der Waals surface area contributed by atoms with E-state index >= 15 is 0 Å². The summed E-state index contributed by atoms with van der Waals surface area (Å²) in [4.78, 5) is 41.9. The number of hydrogen-bond donors (Lipinski definition) is 1. The summed E-state index contributed by atoms with van der Waals surface area (Å²) in [6, 6.07) is 11.0. The number of para-hydroxylation sites is 1. The molecule has 33 heavy (non-hydrogen) atoms. The molecular weight excluding hydrogens is 462 g/mol. The van der Waals surface area contributed by atoms with E-state index in [1.807, 2.05) is 49.3 Å². The molecule has 1 N–H and O–H groups in total. The number of hydrogen-bond acceptors (Lipinski definition) is 6. The summed E-state index contributed by atoms with van der Waals surface area (Å²) in [7, 11) is 0. The first-order chi connectivity index (χ1) is 15.8. The molecule has 0 spiro atoms. The summed E-state index contributed by atoms with van der Waals surface area (Å²) < 4.78 is 5.20. The van der Waals surface area contributed by atoms with Gasteiger partial charge in [0.1, 0.15) is 0 Å². The van der Waals surface area contributed by atoms with Gasteiger partial charge in [-0.15, -0.1) is 11.8 Å². The second kappa shape index (κ2) is 11.5. The maximum Gasteiger partial charge on any atom is 0.340 e. The fourth-order valence-corrected chi connectivity index (χ4v) is 4.27. The molecule has 7 nitrogen and oxygen atoms in total. The molecular formula is C24H28ClN3O4S. The van der Waals surface area contributed by atoms with Gasteiger partial charge in [-0.05, 0) is 49.4 Å². The molecule has 3 rings (SSSR count). The molecule has 0 saturated carbocycles. The van der Waals surface area contributed by atoms with Crippen LogP contribution in [0.4, 0.5) is 5.69 Å². The predicted molar refractivity (Wildman–Crippen MR) is 131 cm³/mol. The van der Waals surface area contributed by atoms with Crippen molar-refractivity contribution >= 4 is 46.8 Å². The number of carbonyl (C=O) groups excluding carboxylic acids is 3. The maximum absolute atomic E-state index is 12.5. The third-order valence-corrected chi connectivity index (χ3v) is 6.61. The molecule has 9 heteroatoms. The van der Waals surface area contributed by atoms with Crippen molar-refractivity contribution in [3.8, 4) is 0 Å². The van der Waals surface area contributed by atoms with Crippen LogP contribution in [0.2, 0.25) is 5.02 Å². The maximum atomic E-state index is 12.5. The largest absolute Gasteiger partial charge is 0.452 e. The van der Waals surface area contributed by atoms with E-state index in [0.29, 0.717) is 26.2 Å². The van der Waals surface area contributed by atoms with Crippen LogP contribution >= 0.6 is 23.4 Å². The Morgan fingerprint density at radius 1 is 1.06 bits per heavy atom. The molecule has 0 atom stereocenters. The van der Waals surface area contributed by atoms with Crippen LogP contribution in [0.25, 0.3) is 0 Å². The molecule has 0 aromatic heterocycles. The van der Waals surface area contributed by atoms with Crippen molar-refractivity contribution in [3.63, 3.8) is 0 Å². The van der Waals surface area contributed by atoms with E-state index in [1.165, 1.54) is 11.8 Å². The normalized spacial score (nSPS) is 14.1. The number of ether oxygens (including phenoxy) is 1. The molecule has 1 fully saturated rings. The van der Waals surface area contributed by atoms with Crippen molar-refractivity contribution in [2.24, 2.45) is 0 Å². The summed E-state index contributed by atoms with van der Waals surface area (Å²) in [6.45, 7) is 5.93. The molecule has 2 aromatic rings. The summed E-state index contributed by atoms with van der Waals surface area (Å²) in [5.74, 6) is -0.961. The molecule has 1 heterocycles. The third kappa shape index (κ3) is 6.72. The average molecular weight is 490 g/mol. The summed E-state index contributed by atoms with van der Waals surface area (Å²) in [6.07, 6.45) is 1.90. The van der Waals surface area contributed by atoms with Gasteiger partial charge in [0.2, 0.25) is 5.91 Å². The average Bonchev–Trinajstić information content (AvgIpc) is 2.80. The zero-order valence-electron chi connectivity index (χ0n) is 19.0. The van der Waals surface area contributed by atoms with Crippen LogP contribution in [0, 0.1) is 13.8 Å². The molecule has 0 bridgehead atoms. The Labute approximate surface area is 203 Å². The van der Waals surface area contributed by atoms with Crippen LogP contribution in [0.5, 0.6) is 0 Å². The van der Waals surface area contributed by atoms with Gasteiger partial charge in [-0.1, -0.05) is 29.8 Å². The molecule has 2 amide bonds. The molecule has 1 aliphatic heterocycles. The zero-order chi connectivity index (χ0) is 24.0. The third-order valence-electron chi connectivity index (χ3n) is 5.56. The number of rotatable bonds is 7. The fraction of sp³-hybridized carbons (Fsp3) is 0.375. The molecule has 176 valence electrons. The van der Waals surface area contributed by atoms with Gasteiger partial charge in [-0.2, -0.15) is 0 Å². The Hall–Kier alpha value is -2.55. The lowest BCUT2D eigenvalue weighted by molar-refractivity contribution is -0.136. The van der Waals surface area contributed by atoms with Crippen molar-refractivity contribution in [2.45, 2.75) is 18.7 Å². The van der Waals surface area contributed by atoms with E-state index in [-0.39, 0.29) is 35.6 Å². The van der Waals surface area contributed by atoms with Crippen LogP contribution in [0.1, 0.15) is 21.5 Å². The number of nitrogens with zero attached hydrogens (tertiary/aromatic N) is 2. The SMILES string of the molecule is CSc1ccc(Cl)c(C(=O)OCC(=O)N2CCN(CC(=O)Nc3c(C)cccc3C)CC2)c1. The van der Waals surface area contributed by atoms with Crippen LogP contribution in [-0.2, 0) is 14.3 Å². The highest BCUT2D eigenvalue weighted by molar-refractivity contribution is 7.98. The Morgan fingerprint density at radius 3 is 2.36 bits per heavy atom. The van der Waals surface area contributed by atoms with Crippen LogP contribution in [-0.4, -0.2) is 73.2 Å². The van der Waals surface area contributed by atoms with Gasteiger partial charge in [0, 0.05) is 36.8 Å². The summed E-state index contributed by atoms with van der Waals surface area (Å²) >= 11 is 7.58. The lowest BCUT2D eigenvalue weighted by atomic mass is 10.1. The van der Waals surface area contributed by atoms with Crippen molar-refractivity contribution in [3.05, 3.63) is 58.1 Å². The lowest BCUT2D eigenvalue weighted by Gasteiger charge is -2.34. The second-order valence-electron chi connectivity index (χ2n) is 7.89. The Balaban J connectivity index is 1.44. The second-order valence-corrected chi connectivity index (χ2v) is 9.18. The van der Waals surface area contributed by atoms with Gasteiger partial charge in [0.05, 0.1) is 17.1 Å². The van der Waals surface area contributed by atoms with Crippen molar-refractivity contribution in [1.82, 2.24) is 9.80 Å². The Morgan fingerprint density at radius 2 is 1.73 bits per heavy atom. The standard InChI is InChI=1S/C24H28ClN3O4S/c1-16-5-4-6-17(2)23(16)26-21(29)14-27-9-11-28(12-10-27)22(30)15-32-24(31)19-13-18(33-3)7-8-20(19)25/h4-8,13H,9-12,14-15H2,1-3H3,(H,26,29). The summed E-state index contributed by atoms with van der Waals surface area (Å²) in [5, 5.41) is 3.28. The molecule has 0 radical (unpaired) electrons. The van der Waals surface area contributed by atoms with E-state index in [4.69, 9.17) is 16.3 Å². The van der Waals surface area contributed by atoms with Gasteiger partial charge in [0.25, 0.3) is 5.91 Å². The van der Waals surface area contributed by atoms with Crippen LogP contribution in [0.15, 0.2) is 41.3 Å². The highest BCUT2D eigenvalue weighted by Gasteiger charge is 2.24. The summed E-state index contributed by atoms with van der Waals surface area (Å²) in [5.41, 5.74) is 3.14. The molecule has 0 aliphatic carbocycles. The zero-order valence-corrected chi connectivity index (χ0v) is 20.6. The number of thioether (sulfide) groups is 1. The highest BCUT2D eigenvalue weighted by atomic mass is 35.5. The van der Waals surface area contributed by atoms with E-state index < -0.39 is 5.97 Å². The van der Waals surface area contributed by atoms with Gasteiger partial charge in [0.15, 0.2) is 6.61 Å². The fourth-order valence-electron chi connectivity index (χ4n) is 3.63. The number of piperazine rings is 1. The van der Waals surface area contributed by atoms with Gasteiger partial charge < -0.3 is 15.0 Å². The van der Waals surface area contributed by atoms with E-state index in [9.17, 15) is 14.4 Å². The van der Waals surface area contributed by atoms with Gasteiger partial charge in [-0.25, -0.2) is 4.79 Å². The minimum absolute atomic E-state index is 0.0783. The van der Waals surface area contributed by atoms with Gasteiger partial charge in [-0.3, -0.25) is 14.5 Å². The lowest BCUT2D eigenvalue weighted by Crippen LogP contribution is -2.51. The Bertz CT molecular complexity index is 1020. The van der Waals surface area contributed by atoms with Crippen LogP contribution in [0.3, 0.4) is 0 Å². The molecule has 1 saturated heterocycles. The predicted octanol–water partition coefficient (Wildman–Crippen LogP) is 3.62. The highest BCUT2D eigenvalue weighted by Crippen LogP contribution is 2.24. The number of nitrogens with one attached hydrogen (secondary N) is 1. The number of benzene rings is 2. The molecule has 1 aliphatic rings. The first-order valence-corrected chi connectivity index (χ1v) is 12.3. The Kier molecular flexibility index (Phi) is 8.77. The van der Waals surface area contributed by atoms with Gasteiger partial charge >= 0.3 is 5.97 Å². The molecule has 2 aromatic carbocycles. The minimum atomic E-state index is -0.619. The smallest absolute Gasteiger partial charge is 0.340 e. The number of halogens is 1. The van der Waals surface area contributed by atoms with Crippen LogP contribution < -0.4 is 5.32 Å². The van der Waals surface area contributed by atoms with E-state index in [1.54, 1.807) is 17.0 Å². The van der Waals surface area contributed by atoms with Crippen molar-refractivity contribution < 1.29 is 19.1 Å². The first-order valence-electron chi connectivity index (χ1n) is 10.7. The number of aryl methyl sites for hydroxylation is 2. The number of amides is 2. The van der Waals surface area contributed by atoms with Crippen molar-refractivity contribution in [2.75, 3.05) is 50.9 Å². The number of carbonyl (C=O) groups is 3. The molecule has 0 unspecified atom stereocenters. The number of esters is 1. The first kappa shape index (κ1) is 25.1. The van der Waals surface area contributed by atoms with E-state index in [0.717, 1.165) is 21.7 Å². The van der Waals surface area contributed by atoms with Crippen molar-refractivity contribution in [1.29, 1.82) is 0 Å². The van der Waals surface area contributed by atoms with E-state index in [2.05, 4.69) is 5.32 Å². The number of anilines is 1. The quantitative estimate of drug-likeness (QED) is 0.472. The minimum Gasteiger partial charge on any atom is -0.452 e.